The second kappa shape index (κ2) is 13.7. The van der Waals surface area contributed by atoms with Crippen molar-refractivity contribution in [2.75, 3.05) is 4.90 Å². The van der Waals surface area contributed by atoms with Gasteiger partial charge in [-0.15, -0.1) is 11.3 Å². The van der Waals surface area contributed by atoms with E-state index in [2.05, 4.69) is 217 Å². The molecule has 2 heteroatoms. The van der Waals surface area contributed by atoms with Gasteiger partial charge in [-0.25, -0.2) is 0 Å². The summed E-state index contributed by atoms with van der Waals surface area (Å²) in [6.07, 6.45) is 0. The maximum atomic E-state index is 2.43. The van der Waals surface area contributed by atoms with Crippen LogP contribution in [0.5, 0.6) is 0 Å². The van der Waals surface area contributed by atoms with E-state index >= 15 is 0 Å². The molecule has 0 unspecified atom stereocenters. The molecular weight excluding hydrogens is 671 g/mol. The first kappa shape index (κ1) is 32.0. The molecule has 1 aromatic heterocycles. The molecule has 1 nitrogen and oxygen atoms in total. The standard InChI is InChI=1S/C52H35NS/c1-2-12-36(13-3-1)38-24-26-39(27-25-38)40-30-32-44(33-31-40)53(45-17-10-16-42(35-45)43-29-28-37-14-4-5-15-41(37)34-43)49-21-8-6-18-46(49)47-20-11-23-51-52(47)48-19-7-9-22-50(48)54-51/h1-35H. The summed E-state index contributed by atoms with van der Waals surface area (Å²) < 4.78 is 2.61. The fourth-order valence-electron chi connectivity index (χ4n) is 7.80. The SMILES string of the molecule is c1ccc(-c2ccc(-c3ccc(N(c4cccc(-c5ccc6ccccc6c5)c4)c4ccccc4-c4cccc5sc6ccccc6c45)cc3)cc2)cc1. The van der Waals surface area contributed by atoms with Crippen LogP contribution in [-0.4, -0.2) is 0 Å². The van der Waals surface area contributed by atoms with Crippen molar-refractivity contribution in [2.45, 2.75) is 0 Å². The summed E-state index contributed by atoms with van der Waals surface area (Å²) in [6.45, 7) is 0. The van der Waals surface area contributed by atoms with E-state index in [9.17, 15) is 0 Å². The lowest BCUT2D eigenvalue weighted by Crippen LogP contribution is -2.11. The van der Waals surface area contributed by atoms with E-state index in [-0.39, 0.29) is 0 Å². The van der Waals surface area contributed by atoms with Gasteiger partial charge in [0, 0.05) is 37.1 Å². The number of hydrogen-bond acceptors (Lipinski definition) is 2. The molecule has 0 aliphatic heterocycles. The molecule has 0 amide bonds. The highest BCUT2D eigenvalue weighted by molar-refractivity contribution is 7.25. The Morgan fingerprint density at radius 2 is 0.870 bits per heavy atom. The van der Waals surface area contributed by atoms with Crippen LogP contribution in [0.2, 0.25) is 0 Å². The van der Waals surface area contributed by atoms with Crippen molar-refractivity contribution >= 4 is 59.3 Å². The van der Waals surface area contributed by atoms with Crippen LogP contribution in [0.25, 0.3) is 75.5 Å². The molecule has 1 heterocycles. The molecule has 0 atom stereocenters. The summed E-state index contributed by atoms with van der Waals surface area (Å²) in [6, 6.07) is 77.2. The molecule has 10 rings (SSSR count). The van der Waals surface area contributed by atoms with Gasteiger partial charge in [0.2, 0.25) is 0 Å². The second-order valence-corrected chi connectivity index (χ2v) is 14.8. The highest BCUT2D eigenvalue weighted by Gasteiger charge is 2.20. The average molecular weight is 706 g/mol. The number of benzene rings is 9. The molecule has 0 aliphatic rings. The minimum atomic E-state index is 1.10. The van der Waals surface area contributed by atoms with Crippen LogP contribution in [0.1, 0.15) is 0 Å². The molecule has 0 bridgehead atoms. The molecular formula is C52H35NS. The summed E-state index contributed by atoms with van der Waals surface area (Å²) in [7, 11) is 0. The molecule has 0 spiro atoms. The van der Waals surface area contributed by atoms with Gasteiger partial charge in [0.25, 0.3) is 0 Å². The zero-order chi connectivity index (χ0) is 35.8. The van der Waals surface area contributed by atoms with Crippen molar-refractivity contribution in [3.63, 3.8) is 0 Å². The predicted molar refractivity (Wildman–Crippen MR) is 233 cm³/mol. The van der Waals surface area contributed by atoms with Gasteiger partial charge in [-0.1, -0.05) is 164 Å². The quantitative estimate of drug-likeness (QED) is 0.160. The van der Waals surface area contributed by atoms with Crippen molar-refractivity contribution in [1.82, 2.24) is 0 Å². The monoisotopic (exact) mass is 705 g/mol. The Morgan fingerprint density at radius 3 is 1.69 bits per heavy atom. The molecule has 0 radical (unpaired) electrons. The number of hydrogen-bond donors (Lipinski definition) is 0. The molecule has 254 valence electrons. The molecule has 0 saturated carbocycles. The van der Waals surface area contributed by atoms with E-state index in [1.807, 2.05) is 11.3 Å². The van der Waals surface area contributed by atoms with Gasteiger partial charge in [0.1, 0.15) is 0 Å². The maximum absolute atomic E-state index is 2.43. The van der Waals surface area contributed by atoms with Gasteiger partial charge in [-0.3, -0.25) is 0 Å². The van der Waals surface area contributed by atoms with Gasteiger partial charge in [-0.05, 0) is 98.2 Å². The van der Waals surface area contributed by atoms with E-state index in [0.29, 0.717) is 0 Å². The van der Waals surface area contributed by atoms with Gasteiger partial charge in [-0.2, -0.15) is 0 Å². The molecule has 54 heavy (non-hydrogen) atoms. The number of nitrogens with zero attached hydrogens (tertiary/aromatic N) is 1. The molecule has 0 fully saturated rings. The number of rotatable bonds is 7. The van der Waals surface area contributed by atoms with Crippen LogP contribution in [-0.2, 0) is 0 Å². The summed E-state index contributed by atoms with van der Waals surface area (Å²) >= 11 is 1.86. The third kappa shape index (κ3) is 5.84. The number of anilines is 3. The van der Waals surface area contributed by atoms with Crippen molar-refractivity contribution in [2.24, 2.45) is 0 Å². The Labute approximate surface area is 319 Å². The number of fused-ring (bicyclic) bond motifs is 4. The predicted octanol–water partition coefficient (Wildman–Crippen LogP) is 15.3. The Morgan fingerprint density at radius 1 is 0.315 bits per heavy atom. The minimum absolute atomic E-state index is 1.10. The highest BCUT2D eigenvalue weighted by atomic mass is 32.1. The van der Waals surface area contributed by atoms with Crippen molar-refractivity contribution in [3.05, 3.63) is 212 Å². The highest BCUT2D eigenvalue weighted by Crippen LogP contribution is 2.46. The fraction of sp³-hybridized carbons (Fsp3) is 0. The lowest BCUT2D eigenvalue weighted by Gasteiger charge is -2.28. The topological polar surface area (TPSA) is 3.24 Å². The summed E-state index contributed by atoms with van der Waals surface area (Å²) in [4.78, 5) is 2.43. The van der Waals surface area contributed by atoms with Crippen LogP contribution in [0.15, 0.2) is 212 Å². The Kier molecular flexibility index (Phi) is 8.09. The van der Waals surface area contributed by atoms with Crippen LogP contribution in [0.4, 0.5) is 17.1 Å². The molecule has 0 aliphatic carbocycles. The first-order valence-electron chi connectivity index (χ1n) is 18.4. The summed E-state index contributed by atoms with van der Waals surface area (Å²) in [5.74, 6) is 0. The van der Waals surface area contributed by atoms with E-state index in [4.69, 9.17) is 0 Å². The van der Waals surface area contributed by atoms with Crippen LogP contribution in [0.3, 0.4) is 0 Å². The van der Waals surface area contributed by atoms with Crippen LogP contribution in [0, 0.1) is 0 Å². The van der Waals surface area contributed by atoms with E-state index in [0.717, 1.165) is 17.1 Å². The van der Waals surface area contributed by atoms with Crippen molar-refractivity contribution < 1.29 is 0 Å². The zero-order valence-electron chi connectivity index (χ0n) is 29.6. The van der Waals surface area contributed by atoms with Gasteiger partial charge in [0.15, 0.2) is 0 Å². The van der Waals surface area contributed by atoms with E-state index in [1.54, 1.807) is 0 Å². The smallest absolute Gasteiger partial charge is 0.0540 e. The first-order valence-corrected chi connectivity index (χ1v) is 19.2. The number of thiophene rings is 1. The maximum Gasteiger partial charge on any atom is 0.0540 e. The van der Waals surface area contributed by atoms with Crippen LogP contribution >= 0.6 is 11.3 Å². The largest absolute Gasteiger partial charge is 0.310 e. The fourth-order valence-corrected chi connectivity index (χ4v) is 8.94. The lowest BCUT2D eigenvalue weighted by molar-refractivity contribution is 1.28. The molecule has 9 aromatic carbocycles. The molecule has 0 N–H and O–H groups in total. The van der Waals surface area contributed by atoms with Gasteiger partial charge >= 0.3 is 0 Å². The minimum Gasteiger partial charge on any atom is -0.310 e. The molecule has 10 aromatic rings. The normalized spacial score (nSPS) is 11.3. The average Bonchev–Trinajstić information content (AvgIpc) is 3.64. The van der Waals surface area contributed by atoms with E-state index < -0.39 is 0 Å². The van der Waals surface area contributed by atoms with E-state index in [1.165, 1.54) is 75.5 Å². The third-order valence-corrected chi connectivity index (χ3v) is 11.6. The lowest BCUT2D eigenvalue weighted by atomic mass is 9.96. The zero-order valence-corrected chi connectivity index (χ0v) is 30.4. The third-order valence-electron chi connectivity index (χ3n) is 10.5. The molecule has 0 saturated heterocycles. The number of para-hydroxylation sites is 1. The van der Waals surface area contributed by atoms with Crippen molar-refractivity contribution in [1.29, 1.82) is 0 Å². The summed E-state index contributed by atoms with van der Waals surface area (Å²) in [5.41, 5.74) is 13.0. The van der Waals surface area contributed by atoms with Crippen molar-refractivity contribution in [3.8, 4) is 44.5 Å². The summed E-state index contributed by atoms with van der Waals surface area (Å²) in [5, 5.41) is 5.10. The Bertz CT molecular complexity index is 2920. The van der Waals surface area contributed by atoms with Gasteiger partial charge in [0.05, 0.1) is 5.69 Å². The Balaban J connectivity index is 1.12. The van der Waals surface area contributed by atoms with Crippen LogP contribution < -0.4 is 4.90 Å². The van der Waals surface area contributed by atoms with Gasteiger partial charge < -0.3 is 4.90 Å². The second-order valence-electron chi connectivity index (χ2n) is 13.7. The Hall–Kier alpha value is -6.74. The first-order chi connectivity index (χ1) is 26.8.